The van der Waals surface area contributed by atoms with E-state index in [0.717, 1.165) is 11.8 Å². The van der Waals surface area contributed by atoms with Crippen molar-refractivity contribution in [3.63, 3.8) is 0 Å². The molecule has 1 aromatic rings. The average molecular weight is 284 g/mol. The molecule has 0 N–H and O–H groups in total. The van der Waals surface area contributed by atoms with Crippen LogP contribution in [-0.2, 0) is 0 Å². The Morgan fingerprint density at radius 2 is 1.86 bits per heavy atom. The summed E-state index contributed by atoms with van der Waals surface area (Å²) in [5.41, 5.74) is 3.14. The number of hydrogen-bond donors (Lipinski definition) is 0. The Bertz CT molecular complexity index is 429. The second kappa shape index (κ2) is 8.41. The second-order valence-corrected chi connectivity index (χ2v) is 6.92. The highest BCUT2D eigenvalue weighted by Crippen LogP contribution is 2.37. The first-order valence-electron chi connectivity index (χ1n) is 8.96. The average Bonchev–Trinajstić information content (AvgIpc) is 2.55. The molecule has 3 atom stereocenters. The van der Waals surface area contributed by atoms with Crippen molar-refractivity contribution in [1.29, 1.82) is 0 Å². The number of hydrogen-bond acceptors (Lipinski definition) is 0. The monoisotopic (exact) mass is 284 g/mol. The van der Waals surface area contributed by atoms with E-state index in [4.69, 9.17) is 0 Å². The molecule has 1 aromatic carbocycles. The summed E-state index contributed by atoms with van der Waals surface area (Å²) in [7, 11) is 0. The van der Waals surface area contributed by atoms with Crippen LogP contribution in [0.1, 0.15) is 77.2 Å². The standard InChI is InChI=1S/C21H32/c1-4-5-7-10-17(2)19-13-15-21(16-14-19)18(3)20-11-8-6-9-12-20/h6,8-9,11-12,15,17-19H,4-5,7,10,13-14,16H2,1-3H3. The van der Waals surface area contributed by atoms with Crippen molar-refractivity contribution < 1.29 is 0 Å². The Balaban J connectivity index is 1.87. The summed E-state index contributed by atoms with van der Waals surface area (Å²) in [6, 6.07) is 11.0. The highest BCUT2D eigenvalue weighted by molar-refractivity contribution is 5.28. The van der Waals surface area contributed by atoms with Gasteiger partial charge in [0.2, 0.25) is 0 Å². The van der Waals surface area contributed by atoms with E-state index in [1.165, 1.54) is 50.5 Å². The molecule has 0 spiro atoms. The van der Waals surface area contributed by atoms with Crippen LogP contribution in [0.4, 0.5) is 0 Å². The van der Waals surface area contributed by atoms with E-state index in [-0.39, 0.29) is 0 Å². The lowest BCUT2D eigenvalue weighted by atomic mass is 9.76. The molecule has 0 aromatic heterocycles. The first-order valence-corrected chi connectivity index (χ1v) is 8.96. The molecule has 0 fully saturated rings. The van der Waals surface area contributed by atoms with E-state index in [2.05, 4.69) is 57.2 Å². The Morgan fingerprint density at radius 1 is 1.10 bits per heavy atom. The third-order valence-electron chi connectivity index (χ3n) is 5.41. The van der Waals surface area contributed by atoms with Crippen LogP contribution in [0.25, 0.3) is 0 Å². The maximum Gasteiger partial charge on any atom is 0.00198 e. The van der Waals surface area contributed by atoms with Crippen molar-refractivity contribution in [2.24, 2.45) is 11.8 Å². The van der Waals surface area contributed by atoms with Crippen molar-refractivity contribution in [3.8, 4) is 0 Å². The first-order chi connectivity index (χ1) is 10.2. The molecule has 0 bridgehead atoms. The summed E-state index contributed by atoms with van der Waals surface area (Å²) >= 11 is 0. The van der Waals surface area contributed by atoms with Crippen molar-refractivity contribution in [2.75, 3.05) is 0 Å². The normalized spacial score (nSPS) is 21.7. The molecule has 3 unspecified atom stereocenters. The minimum Gasteiger partial charge on any atom is -0.0844 e. The molecule has 2 rings (SSSR count). The van der Waals surface area contributed by atoms with Gasteiger partial charge in [0.05, 0.1) is 0 Å². The molecule has 1 aliphatic rings. The highest BCUT2D eigenvalue weighted by atomic mass is 14.3. The Hall–Kier alpha value is -1.04. The Morgan fingerprint density at radius 3 is 2.48 bits per heavy atom. The van der Waals surface area contributed by atoms with Gasteiger partial charge in [-0.05, 0) is 36.7 Å². The van der Waals surface area contributed by atoms with Crippen LogP contribution in [0, 0.1) is 11.8 Å². The third-order valence-corrected chi connectivity index (χ3v) is 5.41. The van der Waals surface area contributed by atoms with E-state index in [0.29, 0.717) is 5.92 Å². The molecule has 0 nitrogen and oxygen atoms in total. The van der Waals surface area contributed by atoms with E-state index in [1.54, 1.807) is 5.57 Å². The van der Waals surface area contributed by atoms with Crippen LogP contribution in [0.3, 0.4) is 0 Å². The summed E-state index contributed by atoms with van der Waals surface area (Å²) in [5.74, 6) is 2.43. The van der Waals surface area contributed by atoms with Crippen molar-refractivity contribution in [1.82, 2.24) is 0 Å². The second-order valence-electron chi connectivity index (χ2n) is 6.92. The zero-order chi connectivity index (χ0) is 15.1. The molecule has 21 heavy (non-hydrogen) atoms. The van der Waals surface area contributed by atoms with Gasteiger partial charge >= 0.3 is 0 Å². The van der Waals surface area contributed by atoms with Gasteiger partial charge in [-0.1, -0.05) is 88.4 Å². The predicted molar refractivity (Wildman–Crippen MR) is 93.6 cm³/mol. The molecule has 116 valence electrons. The van der Waals surface area contributed by atoms with E-state index >= 15 is 0 Å². The molecule has 1 aliphatic carbocycles. The molecule has 0 heteroatoms. The van der Waals surface area contributed by atoms with Crippen LogP contribution in [0.2, 0.25) is 0 Å². The maximum absolute atomic E-state index is 2.56. The third kappa shape index (κ3) is 4.73. The number of rotatable bonds is 7. The van der Waals surface area contributed by atoms with Crippen molar-refractivity contribution >= 4 is 0 Å². The van der Waals surface area contributed by atoms with Gasteiger partial charge in [0, 0.05) is 5.92 Å². The van der Waals surface area contributed by atoms with Gasteiger partial charge in [-0.25, -0.2) is 0 Å². The molecule has 0 saturated carbocycles. The fourth-order valence-electron chi connectivity index (χ4n) is 3.69. The van der Waals surface area contributed by atoms with Gasteiger partial charge in [-0.3, -0.25) is 0 Å². The van der Waals surface area contributed by atoms with Crippen LogP contribution in [0.15, 0.2) is 42.0 Å². The maximum atomic E-state index is 2.56. The number of benzene rings is 1. The molecule has 0 amide bonds. The van der Waals surface area contributed by atoms with Crippen LogP contribution >= 0.6 is 0 Å². The molecule has 0 saturated heterocycles. The van der Waals surface area contributed by atoms with Crippen molar-refractivity contribution in [2.45, 2.75) is 71.6 Å². The zero-order valence-electron chi connectivity index (χ0n) is 14.1. The number of allylic oxidation sites excluding steroid dienone is 2. The van der Waals surface area contributed by atoms with Gasteiger partial charge in [-0.15, -0.1) is 0 Å². The predicted octanol–water partition coefficient (Wildman–Crippen LogP) is 6.73. The van der Waals surface area contributed by atoms with Crippen LogP contribution in [0.5, 0.6) is 0 Å². The summed E-state index contributed by atoms with van der Waals surface area (Å²) in [6.45, 7) is 7.14. The lowest BCUT2D eigenvalue weighted by Crippen LogP contribution is -2.16. The minimum absolute atomic E-state index is 0.600. The zero-order valence-corrected chi connectivity index (χ0v) is 14.1. The van der Waals surface area contributed by atoms with Gasteiger partial charge in [0.25, 0.3) is 0 Å². The van der Waals surface area contributed by atoms with Gasteiger partial charge in [0.15, 0.2) is 0 Å². The van der Waals surface area contributed by atoms with Crippen LogP contribution < -0.4 is 0 Å². The molecule has 0 aliphatic heterocycles. The minimum atomic E-state index is 0.600. The van der Waals surface area contributed by atoms with Gasteiger partial charge < -0.3 is 0 Å². The summed E-state index contributed by atoms with van der Waals surface area (Å²) in [5, 5.41) is 0. The highest BCUT2D eigenvalue weighted by Gasteiger charge is 2.22. The van der Waals surface area contributed by atoms with Gasteiger partial charge in [-0.2, -0.15) is 0 Å². The summed E-state index contributed by atoms with van der Waals surface area (Å²) < 4.78 is 0. The lowest BCUT2D eigenvalue weighted by molar-refractivity contribution is 0.300. The van der Waals surface area contributed by atoms with E-state index in [9.17, 15) is 0 Å². The molecular formula is C21H32. The Labute approximate surface area is 131 Å². The fourth-order valence-corrected chi connectivity index (χ4v) is 3.69. The largest absolute Gasteiger partial charge is 0.0844 e. The summed E-state index contributed by atoms with van der Waals surface area (Å²) in [6.07, 6.45) is 12.2. The smallest absolute Gasteiger partial charge is 0.00198 e. The topological polar surface area (TPSA) is 0 Å². The molecule has 0 heterocycles. The van der Waals surface area contributed by atoms with Crippen molar-refractivity contribution in [3.05, 3.63) is 47.5 Å². The van der Waals surface area contributed by atoms with E-state index in [1.807, 2.05) is 0 Å². The molecular weight excluding hydrogens is 252 g/mol. The molecule has 0 radical (unpaired) electrons. The SMILES string of the molecule is CCCCCC(C)C1CC=C(C(C)c2ccccc2)CC1. The quantitative estimate of drug-likeness (QED) is 0.384. The van der Waals surface area contributed by atoms with Crippen LogP contribution in [-0.4, -0.2) is 0 Å². The Kier molecular flexibility index (Phi) is 6.54. The number of unbranched alkanes of at least 4 members (excludes halogenated alkanes) is 2. The first kappa shape index (κ1) is 16.3. The lowest BCUT2D eigenvalue weighted by Gasteiger charge is -2.29. The fraction of sp³-hybridized carbons (Fsp3) is 0.619. The van der Waals surface area contributed by atoms with Gasteiger partial charge in [0.1, 0.15) is 0 Å². The van der Waals surface area contributed by atoms with E-state index < -0.39 is 0 Å². The summed E-state index contributed by atoms with van der Waals surface area (Å²) in [4.78, 5) is 0.